The lowest BCUT2D eigenvalue weighted by atomic mass is 10.0. The zero-order valence-electron chi connectivity index (χ0n) is 9.88. The molecule has 0 bridgehead atoms. The van der Waals surface area contributed by atoms with E-state index in [0.29, 0.717) is 5.56 Å². The average molecular weight is 331 g/mol. The fraction of sp³-hybridized carbons (Fsp3) is 0. The van der Waals surface area contributed by atoms with Crippen molar-refractivity contribution in [2.45, 2.75) is 4.90 Å². The molecule has 0 aromatic heterocycles. The Morgan fingerprint density at radius 2 is 1.70 bits per heavy atom. The molecular weight excluding hydrogens is 323 g/mol. The van der Waals surface area contributed by atoms with Crippen molar-refractivity contribution in [1.82, 2.24) is 0 Å². The SMILES string of the molecule is O=C(O)c1cc(S(=O)(=O)Cl)c(-c2ccccc2)cc1Cl. The van der Waals surface area contributed by atoms with Gasteiger partial charge < -0.3 is 5.11 Å². The molecule has 0 fully saturated rings. The highest BCUT2D eigenvalue weighted by Crippen LogP contribution is 2.34. The van der Waals surface area contributed by atoms with Gasteiger partial charge in [0.15, 0.2) is 0 Å². The zero-order valence-corrected chi connectivity index (χ0v) is 12.2. The van der Waals surface area contributed by atoms with Crippen LogP contribution in [0.5, 0.6) is 0 Å². The molecule has 0 amide bonds. The molecule has 0 atom stereocenters. The van der Waals surface area contributed by atoms with Crippen molar-refractivity contribution < 1.29 is 18.3 Å². The molecule has 2 rings (SSSR count). The largest absolute Gasteiger partial charge is 0.478 e. The number of benzene rings is 2. The van der Waals surface area contributed by atoms with E-state index in [-0.39, 0.29) is 21.0 Å². The first-order valence-electron chi connectivity index (χ1n) is 5.37. The number of hydrogen-bond donors (Lipinski definition) is 1. The molecule has 2 aromatic carbocycles. The number of aromatic carboxylic acids is 1. The monoisotopic (exact) mass is 330 g/mol. The summed E-state index contributed by atoms with van der Waals surface area (Å²) in [5, 5.41) is 8.94. The van der Waals surface area contributed by atoms with E-state index in [4.69, 9.17) is 27.4 Å². The van der Waals surface area contributed by atoms with Gasteiger partial charge in [-0.05, 0) is 17.7 Å². The molecule has 0 saturated carbocycles. The van der Waals surface area contributed by atoms with E-state index >= 15 is 0 Å². The van der Waals surface area contributed by atoms with E-state index in [1.165, 1.54) is 6.07 Å². The van der Waals surface area contributed by atoms with Crippen LogP contribution in [0.4, 0.5) is 0 Å². The molecule has 0 saturated heterocycles. The summed E-state index contributed by atoms with van der Waals surface area (Å²) in [5.74, 6) is -1.32. The summed E-state index contributed by atoms with van der Waals surface area (Å²) in [7, 11) is 1.27. The Morgan fingerprint density at radius 1 is 1.10 bits per heavy atom. The van der Waals surface area contributed by atoms with E-state index in [9.17, 15) is 13.2 Å². The first-order valence-corrected chi connectivity index (χ1v) is 8.06. The predicted molar refractivity (Wildman–Crippen MR) is 76.9 cm³/mol. The Kier molecular flexibility index (Phi) is 4.04. The van der Waals surface area contributed by atoms with Gasteiger partial charge in [-0.15, -0.1) is 0 Å². The first kappa shape index (κ1) is 14.8. The second kappa shape index (κ2) is 5.44. The van der Waals surface area contributed by atoms with E-state index < -0.39 is 15.0 Å². The lowest BCUT2D eigenvalue weighted by molar-refractivity contribution is 0.0697. The fourth-order valence-corrected chi connectivity index (χ4v) is 3.09. The smallest absolute Gasteiger partial charge is 0.337 e. The number of rotatable bonds is 3. The van der Waals surface area contributed by atoms with Gasteiger partial charge in [-0.1, -0.05) is 41.9 Å². The Morgan fingerprint density at radius 3 is 2.20 bits per heavy atom. The normalized spacial score (nSPS) is 11.3. The highest BCUT2D eigenvalue weighted by molar-refractivity contribution is 8.13. The van der Waals surface area contributed by atoms with Gasteiger partial charge in [-0.25, -0.2) is 13.2 Å². The number of halogens is 2. The average Bonchev–Trinajstić information content (AvgIpc) is 2.37. The lowest BCUT2D eigenvalue weighted by Gasteiger charge is -2.10. The molecule has 0 heterocycles. The summed E-state index contributed by atoms with van der Waals surface area (Å²) in [5.41, 5.74) is 0.520. The zero-order chi connectivity index (χ0) is 14.9. The van der Waals surface area contributed by atoms with Gasteiger partial charge in [0, 0.05) is 16.2 Å². The van der Waals surface area contributed by atoms with E-state index in [1.54, 1.807) is 30.3 Å². The van der Waals surface area contributed by atoms with E-state index in [0.717, 1.165) is 6.07 Å². The first-order chi connectivity index (χ1) is 9.30. The molecule has 0 unspecified atom stereocenters. The minimum atomic E-state index is -4.10. The predicted octanol–water partition coefficient (Wildman–Crippen LogP) is 3.63. The van der Waals surface area contributed by atoms with Crippen molar-refractivity contribution in [2.24, 2.45) is 0 Å². The number of hydrogen-bond acceptors (Lipinski definition) is 3. The van der Waals surface area contributed by atoms with Crippen molar-refractivity contribution >= 4 is 37.3 Å². The Bertz CT molecular complexity index is 770. The molecule has 1 N–H and O–H groups in total. The summed E-state index contributed by atoms with van der Waals surface area (Å²) >= 11 is 5.88. The summed E-state index contributed by atoms with van der Waals surface area (Å²) in [6, 6.07) is 10.8. The van der Waals surface area contributed by atoms with Gasteiger partial charge in [0.1, 0.15) is 0 Å². The molecular formula is C13H8Cl2O4S. The standard InChI is InChI=1S/C13H8Cl2O4S/c14-11-6-9(8-4-2-1-3-5-8)12(20(15,18)19)7-10(11)13(16)17/h1-7H,(H,16,17). The Hall–Kier alpha value is -1.56. The molecule has 0 aliphatic carbocycles. The van der Waals surface area contributed by atoms with Crippen LogP contribution in [0.1, 0.15) is 10.4 Å². The van der Waals surface area contributed by atoms with Crippen LogP contribution in [0.25, 0.3) is 11.1 Å². The van der Waals surface area contributed by atoms with Crippen molar-refractivity contribution in [3.8, 4) is 11.1 Å². The molecule has 20 heavy (non-hydrogen) atoms. The molecule has 0 spiro atoms. The Balaban J connectivity index is 2.81. The fourth-order valence-electron chi connectivity index (χ4n) is 1.76. The summed E-state index contributed by atoms with van der Waals surface area (Å²) in [6.45, 7) is 0. The number of carboxylic acid groups (broad SMARTS) is 1. The topological polar surface area (TPSA) is 71.4 Å². The van der Waals surface area contributed by atoms with Crippen LogP contribution in [0.2, 0.25) is 5.02 Å². The maximum atomic E-state index is 11.6. The summed E-state index contributed by atoms with van der Waals surface area (Å²) in [4.78, 5) is 10.7. The van der Waals surface area contributed by atoms with Crippen molar-refractivity contribution in [3.05, 3.63) is 53.1 Å². The molecule has 0 radical (unpaired) electrons. The molecule has 2 aromatic rings. The molecule has 4 nitrogen and oxygen atoms in total. The highest BCUT2D eigenvalue weighted by Gasteiger charge is 2.22. The molecule has 0 aliphatic heterocycles. The number of carbonyl (C=O) groups is 1. The quantitative estimate of drug-likeness (QED) is 0.872. The highest BCUT2D eigenvalue weighted by atomic mass is 35.7. The number of carboxylic acids is 1. The lowest BCUT2D eigenvalue weighted by Crippen LogP contribution is -2.03. The third-order valence-electron chi connectivity index (χ3n) is 2.65. The van der Waals surface area contributed by atoms with Crippen molar-refractivity contribution in [3.63, 3.8) is 0 Å². The third kappa shape index (κ3) is 2.95. The van der Waals surface area contributed by atoms with E-state index in [1.807, 2.05) is 0 Å². The maximum absolute atomic E-state index is 11.6. The van der Waals surface area contributed by atoms with Gasteiger partial charge in [-0.2, -0.15) is 0 Å². The second-order valence-electron chi connectivity index (χ2n) is 3.94. The van der Waals surface area contributed by atoms with Gasteiger partial charge in [0.2, 0.25) is 0 Å². The van der Waals surface area contributed by atoms with Gasteiger partial charge in [0.25, 0.3) is 9.05 Å². The van der Waals surface area contributed by atoms with Crippen molar-refractivity contribution in [2.75, 3.05) is 0 Å². The summed E-state index contributed by atoms with van der Waals surface area (Å²) < 4.78 is 23.3. The van der Waals surface area contributed by atoms with Crippen LogP contribution in [-0.4, -0.2) is 19.5 Å². The van der Waals surface area contributed by atoms with Crippen LogP contribution in [0.3, 0.4) is 0 Å². The summed E-state index contributed by atoms with van der Waals surface area (Å²) in [6.07, 6.45) is 0. The van der Waals surface area contributed by atoms with Crippen molar-refractivity contribution in [1.29, 1.82) is 0 Å². The van der Waals surface area contributed by atoms with E-state index in [2.05, 4.69) is 0 Å². The van der Waals surface area contributed by atoms with Crippen LogP contribution >= 0.6 is 22.3 Å². The van der Waals surface area contributed by atoms with Gasteiger partial charge >= 0.3 is 5.97 Å². The Labute approximate surface area is 125 Å². The van der Waals surface area contributed by atoms with Crippen LogP contribution < -0.4 is 0 Å². The second-order valence-corrected chi connectivity index (χ2v) is 6.88. The minimum absolute atomic E-state index is 0.0552. The van der Waals surface area contributed by atoms with Gasteiger partial charge in [-0.3, -0.25) is 0 Å². The van der Waals surface area contributed by atoms with Crippen LogP contribution in [0.15, 0.2) is 47.4 Å². The minimum Gasteiger partial charge on any atom is -0.478 e. The molecule has 7 heteroatoms. The maximum Gasteiger partial charge on any atom is 0.337 e. The van der Waals surface area contributed by atoms with Gasteiger partial charge in [0.05, 0.1) is 15.5 Å². The third-order valence-corrected chi connectivity index (χ3v) is 4.32. The van der Waals surface area contributed by atoms with Crippen LogP contribution in [-0.2, 0) is 9.05 Å². The molecule has 0 aliphatic rings. The van der Waals surface area contributed by atoms with Crippen LogP contribution in [0, 0.1) is 0 Å². The molecule has 104 valence electrons.